The monoisotopic (exact) mass is 277 g/mol. The number of benzene rings is 1. The number of aromatic nitrogens is 2. The Bertz CT molecular complexity index is 502. The van der Waals surface area contributed by atoms with Gasteiger partial charge in [-0.25, -0.2) is 4.98 Å². The van der Waals surface area contributed by atoms with Crippen molar-refractivity contribution in [2.24, 2.45) is 0 Å². The quantitative estimate of drug-likeness (QED) is 0.886. The molecule has 0 aliphatic carbocycles. The maximum atomic E-state index is 4.44. The van der Waals surface area contributed by atoms with E-state index >= 15 is 0 Å². The van der Waals surface area contributed by atoms with Crippen molar-refractivity contribution in [3.8, 4) is 11.3 Å². The molecule has 82 valence electrons. The molecule has 0 spiro atoms. The van der Waals surface area contributed by atoms with Crippen molar-refractivity contribution in [2.75, 3.05) is 13.1 Å². The fourth-order valence-corrected chi connectivity index (χ4v) is 2.34. The number of aromatic amines is 1. The number of imidazole rings is 1. The summed E-state index contributed by atoms with van der Waals surface area (Å²) in [6.07, 6.45) is 1.91. The van der Waals surface area contributed by atoms with E-state index in [9.17, 15) is 0 Å². The van der Waals surface area contributed by atoms with Crippen molar-refractivity contribution < 1.29 is 0 Å². The predicted molar refractivity (Wildman–Crippen MR) is 67.3 cm³/mol. The largest absolute Gasteiger partial charge is 0.342 e. The van der Waals surface area contributed by atoms with E-state index in [2.05, 4.69) is 37.3 Å². The van der Waals surface area contributed by atoms with Crippen molar-refractivity contribution in [2.45, 2.75) is 5.92 Å². The molecule has 3 rings (SSSR count). The first-order valence-electron chi connectivity index (χ1n) is 5.35. The lowest BCUT2D eigenvalue weighted by molar-refractivity contribution is 0.433. The Morgan fingerprint density at radius 3 is 2.75 bits per heavy atom. The molecule has 1 fully saturated rings. The third-order valence-electron chi connectivity index (χ3n) is 2.93. The summed E-state index contributed by atoms with van der Waals surface area (Å²) in [5.74, 6) is 1.64. The van der Waals surface area contributed by atoms with Gasteiger partial charge in [0.2, 0.25) is 0 Å². The van der Waals surface area contributed by atoms with Gasteiger partial charge >= 0.3 is 0 Å². The van der Waals surface area contributed by atoms with E-state index in [4.69, 9.17) is 0 Å². The number of rotatable bonds is 2. The van der Waals surface area contributed by atoms with Crippen LogP contribution in [-0.2, 0) is 0 Å². The molecule has 0 unspecified atom stereocenters. The Hall–Kier alpha value is -1.13. The second-order valence-electron chi connectivity index (χ2n) is 4.02. The van der Waals surface area contributed by atoms with Gasteiger partial charge < -0.3 is 10.3 Å². The first-order valence-corrected chi connectivity index (χ1v) is 6.14. The average Bonchev–Trinajstić information content (AvgIpc) is 2.65. The summed E-state index contributed by atoms with van der Waals surface area (Å²) in [6, 6.07) is 8.17. The molecule has 0 saturated carbocycles. The highest BCUT2D eigenvalue weighted by Crippen LogP contribution is 2.28. The Labute approximate surface area is 102 Å². The minimum atomic E-state index is 0.552. The molecule has 2 heterocycles. The molecule has 1 saturated heterocycles. The van der Waals surface area contributed by atoms with Crippen molar-refractivity contribution in [1.29, 1.82) is 0 Å². The third kappa shape index (κ3) is 1.68. The first-order chi connectivity index (χ1) is 7.84. The van der Waals surface area contributed by atoms with E-state index in [1.54, 1.807) is 0 Å². The molecule has 16 heavy (non-hydrogen) atoms. The zero-order valence-electron chi connectivity index (χ0n) is 8.70. The molecular weight excluding hydrogens is 266 g/mol. The fourth-order valence-electron chi connectivity index (χ4n) is 1.84. The van der Waals surface area contributed by atoms with Gasteiger partial charge in [-0.15, -0.1) is 0 Å². The van der Waals surface area contributed by atoms with Crippen LogP contribution >= 0.6 is 15.9 Å². The third-order valence-corrected chi connectivity index (χ3v) is 3.62. The summed E-state index contributed by atoms with van der Waals surface area (Å²) < 4.78 is 1.09. The molecule has 1 aliphatic heterocycles. The summed E-state index contributed by atoms with van der Waals surface area (Å²) in [4.78, 5) is 7.83. The van der Waals surface area contributed by atoms with Gasteiger partial charge in [0, 0.05) is 29.0 Å². The Kier molecular flexibility index (Phi) is 2.53. The van der Waals surface area contributed by atoms with E-state index < -0.39 is 0 Å². The standard InChI is InChI=1S/C12H12BrN3/c13-10-4-2-1-3-9(10)11-7-15-12(16-11)8-5-14-6-8/h1-4,7-8,14H,5-6H2,(H,15,16). The van der Waals surface area contributed by atoms with Crippen molar-refractivity contribution >= 4 is 15.9 Å². The normalized spacial score (nSPS) is 16.1. The molecule has 3 nitrogen and oxygen atoms in total. The number of nitrogens with zero attached hydrogens (tertiary/aromatic N) is 1. The molecule has 0 amide bonds. The highest BCUT2D eigenvalue weighted by atomic mass is 79.9. The van der Waals surface area contributed by atoms with Gasteiger partial charge in [-0.2, -0.15) is 0 Å². The summed E-state index contributed by atoms with van der Waals surface area (Å²) in [6.45, 7) is 2.06. The molecule has 1 aromatic heterocycles. The van der Waals surface area contributed by atoms with Crippen LogP contribution in [0.1, 0.15) is 11.7 Å². The smallest absolute Gasteiger partial charge is 0.112 e. The number of halogens is 1. The van der Waals surface area contributed by atoms with Gasteiger partial charge in [0.1, 0.15) is 5.82 Å². The Balaban J connectivity index is 1.95. The van der Waals surface area contributed by atoms with Crippen LogP contribution in [0.4, 0.5) is 0 Å². The van der Waals surface area contributed by atoms with E-state index in [0.717, 1.165) is 34.6 Å². The van der Waals surface area contributed by atoms with Crippen LogP contribution in [0.15, 0.2) is 34.9 Å². The summed E-state index contributed by atoms with van der Waals surface area (Å²) in [5, 5.41) is 3.25. The summed E-state index contributed by atoms with van der Waals surface area (Å²) in [7, 11) is 0. The zero-order valence-corrected chi connectivity index (χ0v) is 10.3. The maximum Gasteiger partial charge on any atom is 0.112 e. The SMILES string of the molecule is Brc1ccccc1-c1cnc(C2CNC2)[nH]1. The second-order valence-corrected chi connectivity index (χ2v) is 4.87. The van der Waals surface area contributed by atoms with Crippen LogP contribution in [0, 0.1) is 0 Å². The van der Waals surface area contributed by atoms with Crippen LogP contribution in [0.5, 0.6) is 0 Å². The minimum Gasteiger partial charge on any atom is -0.342 e. The Morgan fingerprint density at radius 1 is 1.25 bits per heavy atom. The van der Waals surface area contributed by atoms with Crippen LogP contribution in [-0.4, -0.2) is 23.1 Å². The van der Waals surface area contributed by atoms with E-state index in [1.807, 2.05) is 24.4 Å². The lowest BCUT2D eigenvalue weighted by Gasteiger charge is -2.24. The Morgan fingerprint density at radius 2 is 2.06 bits per heavy atom. The highest BCUT2D eigenvalue weighted by Gasteiger charge is 2.21. The van der Waals surface area contributed by atoms with Gasteiger partial charge in [-0.3, -0.25) is 0 Å². The molecule has 4 heteroatoms. The van der Waals surface area contributed by atoms with Crippen LogP contribution < -0.4 is 5.32 Å². The van der Waals surface area contributed by atoms with Crippen LogP contribution in [0.25, 0.3) is 11.3 Å². The zero-order chi connectivity index (χ0) is 11.0. The molecule has 1 aromatic carbocycles. The second kappa shape index (κ2) is 4.03. The predicted octanol–water partition coefficient (Wildman–Crippen LogP) is 2.53. The highest BCUT2D eigenvalue weighted by molar-refractivity contribution is 9.10. The number of nitrogens with one attached hydrogen (secondary N) is 2. The fraction of sp³-hybridized carbons (Fsp3) is 0.250. The molecular formula is C12H12BrN3. The first kappa shape index (κ1) is 10.1. The van der Waals surface area contributed by atoms with Gasteiger partial charge in [0.25, 0.3) is 0 Å². The average molecular weight is 278 g/mol. The topological polar surface area (TPSA) is 40.7 Å². The molecule has 0 atom stereocenters. The van der Waals surface area contributed by atoms with Gasteiger partial charge in [-0.1, -0.05) is 34.1 Å². The summed E-state index contributed by atoms with van der Waals surface area (Å²) >= 11 is 3.55. The number of hydrogen-bond acceptors (Lipinski definition) is 2. The number of H-pyrrole nitrogens is 1. The lowest BCUT2D eigenvalue weighted by Crippen LogP contribution is -2.40. The number of hydrogen-bond donors (Lipinski definition) is 2. The van der Waals surface area contributed by atoms with Gasteiger partial charge in [-0.05, 0) is 6.07 Å². The van der Waals surface area contributed by atoms with E-state index in [-0.39, 0.29) is 0 Å². The maximum absolute atomic E-state index is 4.44. The summed E-state index contributed by atoms with van der Waals surface area (Å²) in [5.41, 5.74) is 2.24. The van der Waals surface area contributed by atoms with E-state index in [1.165, 1.54) is 0 Å². The van der Waals surface area contributed by atoms with Gasteiger partial charge in [0.15, 0.2) is 0 Å². The molecule has 2 N–H and O–H groups in total. The molecule has 0 radical (unpaired) electrons. The van der Waals surface area contributed by atoms with Crippen molar-refractivity contribution in [3.63, 3.8) is 0 Å². The van der Waals surface area contributed by atoms with E-state index in [0.29, 0.717) is 5.92 Å². The van der Waals surface area contributed by atoms with Crippen molar-refractivity contribution in [3.05, 3.63) is 40.8 Å². The van der Waals surface area contributed by atoms with Crippen LogP contribution in [0.3, 0.4) is 0 Å². The van der Waals surface area contributed by atoms with Crippen molar-refractivity contribution in [1.82, 2.24) is 15.3 Å². The molecule has 2 aromatic rings. The molecule has 0 bridgehead atoms. The molecule has 1 aliphatic rings. The minimum absolute atomic E-state index is 0.552. The van der Waals surface area contributed by atoms with Gasteiger partial charge in [0.05, 0.1) is 11.9 Å². The van der Waals surface area contributed by atoms with Crippen LogP contribution in [0.2, 0.25) is 0 Å². The lowest BCUT2D eigenvalue weighted by atomic mass is 10.0.